The van der Waals surface area contributed by atoms with E-state index in [1.165, 1.54) is 46.8 Å². The van der Waals surface area contributed by atoms with Crippen LogP contribution in [0.5, 0.6) is 5.75 Å². The van der Waals surface area contributed by atoms with E-state index < -0.39 is 25.8 Å². The van der Waals surface area contributed by atoms with E-state index in [2.05, 4.69) is 0 Å². The molecule has 1 aliphatic rings. The fourth-order valence-corrected chi connectivity index (χ4v) is 5.31. The van der Waals surface area contributed by atoms with Crippen LogP contribution in [-0.4, -0.2) is 47.4 Å². The van der Waals surface area contributed by atoms with Gasteiger partial charge in [-0.2, -0.15) is 12.7 Å². The highest BCUT2D eigenvalue weighted by Gasteiger charge is 2.27. The summed E-state index contributed by atoms with van der Waals surface area (Å²) in [5.41, 5.74) is -0.387. The number of rotatable bonds is 5. The highest BCUT2D eigenvalue weighted by Crippen LogP contribution is 2.25. The Hall–Kier alpha value is -2.73. The molecule has 1 saturated heterocycles. The van der Waals surface area contributed by atoms with Crippen molar-refractivity contribution in [3.63, 3.8) is 0 Å². The molecule has 0 unspecified atom stereocenters. The average Bonchev–Trinajstić information content (AvgIpc) is 2.74. The van der Waals surface area contributed by atoms with Crippen molar-refractivity contribution in [2.45, 2.75) is 9.79 Å². The molecule has 0 amide bonds. The average molecular weight is 451 g/mol. The van der Waals surface area contributed by atoms with Crippen LogP contribution in [0.25, 0.3) is 11.0 Å². The minimum atomic E-state index is -4.23. The van der Waals surface area contributed by atoms with Gasteiger partial charge in [0.15, 0.2) is 0 Å². The van der Waals surface area contributed by atoms with Gasteiger partial charge in [-0.25, -0.2) is 13.2 Å². The predicted molar refractivity (Wildman–Crippen MR) is 106 cm³/mol. The first-order valence-corrected chi connectivity index (χ1v) is 11.8. The lowest BCUT2D eigenvalue weighted by Crippen LogP contribution is -2.40. The van der Waals surface area contributed by atoms with E-state index in [9.17, 15) is 21.6 Å². The number of hydrogen-bond donors (Lipinski definition) is 0. The Bertz CT molecular complexity index is 1340. The maximum atomic E-state index is 12.6. The third-order valence-electron chi connectivity index (χ3n) is 4.52. The molecular weight excluding hydrogens is 434 g/mol. The molecule has 0 saturated carbocycles. The van der Waals surface area contributed by atoms with E-state index in [1.807, 2.05) is 0 Å². The van der Waals surface area contributed by atoms with Crippen LogP contribution in [0.4, 0.5) is 0 Å². The fourth-order valence-electron chi connectivity index (χ4n) is 2.98. The number of hydrogen-bond acceptors (Lipinski definition) is 8. The van der Waals surface area contributed by atoms with E-state index in [1.54, 1.807) is 12.1 Å². The molecule has 3 aromatic rings. The first-order valence-electron chi connectivity index (χ1n) is 8.92. The largest absolute Gasteiger partial charge is 0.423 e. The Labute approximate surface area is 172 Å². The zero-order valence-corrected chi connectivity index (χ0v) is 17.2. The second kappa shape index (κ2) is 7.84. The van der Waals surface area contributed by atoms with E-state index in [4.69, 9.17) is 13.3 Å². The summed E-state index contributed by atoms with van der Waals surface area (Å²) in [7, 11) is -7.96. The third-order valence-corrected chi connectivity index (χ3v) is 7.69. The van der Waals surface area contributed by atoms with E-state index in [0.29, 0.717) is 18.6 Å². The van der Waals surface area contributed by atoms with Gasteiger partial charge in [0, 0.05) is 30.6 Å². The maximum absolute atomic E-state index is 12.6. The van der Waals surface area contributed by atoms with Crippen molar-refractivity contribution < 1.29 is 30.2 Å². The van der Waals surface area contributed by atoms with Gasteiger partial charge in [0.05, 0.1) is 18.1 Å². The number of ether oxygens (including phenoxy) is 1. The summed E-state index contributed by atoms with van der Waals surface area (Å²) in [5.74, 6) is -0.0399. The molecule has 1 fully saturated rings. The van der Waals surface area contributed by atoms with Crippen LogP contribution in [0.2, 0.25) is 0 Å². The van der Waals surface area contributed by atoms with Gasteiger partial charge in [-0.05, 0) is 42.5 Å². The molecular formula is C19H17NO8S2. The molecule has 30 heavy (non-hydrogen) atoms. The van der Waals surface area contributed by atoms with Crippen LogP contribution in [0, 0.1) is 0 Å². The van der Waals surface area contributed by atoms with Crippen molar-refractivity contribution in [2.24, 2.45) is 0 Å². The number of sulfonamides is 1. The Morgan fingerprint density at radius 1 is 0.833 bits per heavy atom. The SMILES string of the molecule is O=c1ccc2ccc(OS(=O)(=O)c3ccc(S(=O)(=O)N4CCOCC4)cc3)cc2o1. The molecule has 2 heterocycles. The molecule has 1 aliphatic heterocycles. The first-order chi connectivity index (χ1) is 14.3. The topological polar surface area (TPSA) is 120 Å². The summed E-state index contributed by atoms with van der Waals surface area (Å²) in [6, 6.07) is 11.9. The Balaban J connectivity index is 1.58. The molecule has 0 spiro atoms. The van der Waals surface area contributed by atoms with E-state index in [0.717, 1.165) is 0 Å². The quantitative estimate of drug-likeness (QED) is 0.424. The van der Waals surface area contributed by atoms with Gasteiger partial charge in [0.1, 0.15) is 16.2 Å². The minimum Gasteiger partial charge on any atom is -0.423 e. The zero-order chi connectivity index (χ0) is 21.4. The smallest absolute Gasteiger partial charge is 0.339 e. The van der Waals surface area contributed by atoms with E-state index >= 15 is 0 Å². The fraction of sp³-hybridized carbons (Fsp3) is 0.211. The molecule has 0 bridgehead atoms. The number of morpholine rings is 1. The highest BCUT2D eigenvalue weighted by molar-refractivity contribution is 7.89. The summed E-state index contributed by atoms with van der Waals surface area (Å²) in [6.45, 7) is 1.10. The van der Waals surface area contributed by atoms with Crippen molar-refractivity contribution in [1.29, 1.82) is 0 Å². The number of benzene rings is 2. The van der Waals surface area contributed by atoms with Gasteiger partial charge in [0.2, 0.25) is 10.0 Å². The van der Waals surface area contributed by atoms with Crippen molar-refractivity contribution in [2.75, 3.05) is 26.3 Å². The standard InChI is InChI=1S/C19H17NO8S2/c21-19-8-2-14-1-3-15(13-18(14)27-19)28-30(24,25)17-6-4-16(5-7-17)29(22,23)20-9-11-26-12-10-20/h1-8,13H,9-12H2. The lowest BCUT2D eigenvalue weighted by Gasteiger charge is -2.26. The summed E-state index contributed by atoms with van der Waals surface area (Å²) >= 11 is 0. The first kappa shape index (κ1) is 20.5. The molecule has 1 aromatic heterocycles. The predicted octanol–water partition coefficient (Wildman–Crippen LogP) is 1.58. The zero-order valence-electron chi connectivity index (χ0n) is 15.6. The van der Waals surface area contributed by atoms with Gasteiger partial charge in [-0.15, -0.1) is 0 Å². The number of fused-ring (bicyclic) bond motifs is 1. The Kier molecular flexibility index (Phi) is 5.36. The van der Waals surface area contributed by atoms with Gasteiger partial charge in [0.25, 0.3) is 0 Å². The molecule has 0 N–H and O–H groups in total. The summed E-state index contributed by atoms with van der Waals surface area (Å²) in [5, 5.41) is 0.608. The lowest BCUT2D eigenvalue weighted by atomic mass is 10.2. The second-order valence-electron chi connectivity index (χ2n) is 6.48. The van der Waals surface area contributed by atoms with Crippen molar-refractivity contribution >= 4 is 31.1 Å². The van der Waals surface area contributed by atoms with Gasteiger partial charge >= 0.3 is 15.7 Å². The van der Waals surface area contributed by atoms with Crippen molar-refractivity contribution in [3.05, 3.63) is 65.0 Å². The van der Waals surface area contributed by atoms with Gasteiger partial charge in [-0.3, -0.25) is 0 Å². The molecule has 0 radical (unpaired) electrons. The second-order valence-corrected chi connectivity index (χ2v) is 9.96. The molecule has 9 nitrogen and oxygen atoms in total. The Morgan fingerprint density at radius 2 is 1.47 bits per heavy atom. The summed E-state index contributed by atoms with van der Waals surface area (Å²) in [4.78, 5) is 11.1. The molecule has 0 aliphatic carbocycles. The van der Waals surface area contributed by atoms with Crippen LogP contribution in [0.3, 0.4) is 0 Å². The van der Waals surface area contributed by atoms with Crippen LogP contribution < -0.4 is 9.81 Å². The monoisotopic (exact) mass is 451 g/mol. The molecule has 158 valence electrons. The molecule has 11 heteroatoms. The maximum Gasteiger partial charge on any atom is 0.339 e. The molecule has 4 rings (SSSR count). The summed E-state index contributed by atoms with van der Waals surface area (Å²) < 4.78 is 67.0. The van der Waals surface area contributed by atoms with Crippen LogP contribution in [0.15, 0.2) is 73.6 Å². The van der Waals surface area contributed by atoms with Crippen LogP contribution in [0.1, 0.15) is 0 Å². The van der Waals surface area contributed by atoms with Gasteiger partial charge in [-0.1, -0.05) is 0 Å². The molecule has 2 aromatic carbocycles. The van der Waals surface area contributed by atoms with E-state index in [-0.39, 0.29) is 34.2 Å². The Morgan fingerprint density at radius 3 is 2.17 bits per heavy atom. The number of nitrogens with zero attached hydrogens (tertiary/aromatic N) is 1. The lowest BCUT2D eigenvalue weighted by molar-refractivity contribution is 0.0730. The van der Waals surface area contributed by atoms with Gasteiger partial charge < -0.3 is 13.3 Å². The third kappa shape index (κ3) is 4.10. The highest BCUT2D eigenvalue weighted by atomic mass is 32.2. The molecule has 0 atom stereocenters. The van der Waals surface area contributed by atoms with Crippen LogP contribution >= 0.6 is 0 Å². The van der Waals surface area contributed by atoms with Crippen molar-refractivity contribution in [1.82, 2.24) is 4.31 Å². The van der Waals surface area contributed by atoms with Crippen molar-refractivity contribution in [3.8, 4) is 5.75 Å². The summed E-state index contributed by atoms with van der Waals surface area (Å²) in [6.07, 6.45) is 0. The minimum absolute atomic E-state index is 0.0177. The normalized spacial score (nSPS) is 15.9. The van der Waals surface area contributed by atoms with Crippen LogP contribution in [-0.2, 0) is 24.9 Å².